The molecule has 1 heterocycles. The molecule has 1 aliphatic carbocycles. The summed E-state index contributed by atoms with van der Waals surface area (Å²) in [6.45, 7) is 2.56. The summed E-state index contributed by atoms with van der Waals surface area (Å²) in [5.41, 5.74) is 2.05. The SMILES string of the molecule is Cc1cc(CNC(=O)C2CCC2)nn1C. The van der Waals surface area contributed by atoms with Crippen LogP contribution in [0.15, 0.2) is 6.07 Å². The Labute approximate surface area is 89.7 Å². The van der Waals surface area contributed by atoms with E-state index < -0.39 is 0 Å². The molecule has 0 bridgehead atoms. The van der Waals surface area contributed by atoms with Crippen LogP contribution < -0.4 is 5.32 Å². The van der Waals surface area contributed by atoms with Crippen molar-refractivity contribution < 1.29 is 4.79 Å². The molecule has 82 valence electrons. The number of aromatic nitrogens is 2. The van der Waals surface area contributed by atoms with Crippen molar-refractivity contribution in [1.82, 2.24) is 15.1 Å². The van der Waals surface area contributed by atoms with Crippen LogP contribution in [0.5, 0.6) is 0 Å². The number of nitrogens with one attached hydrogen (secondary N) is 1. The molecule has 0 atom stereocenters. The van der Waals surface area contributed by atoms with Gasteiger partial charge < -0.3 is 5.32 Å². The summed E-state index contributed by atoms with van der Waals surface area (Å²) < 4.78 is 1.82. The molecule has 0 spiro atoms. The Morgan fingerprint density at radius 1 is 1.67 bits per heavy atom. The highest BCUT2D eigenvalue weighted by Crippen LogP contribution is 2.26. The Bertz CT molecular complexity index is 346. The Balaban J connectivity index is 1.84. The molecule has 4 heteroatoms. The smallest absolute Gasteiger partial charge is 0.223 e. The van der Waals surface area contributed by atoms with Gasteiger partial charge in [-0.3, -0.25) is 9.48 Å². The molecule has 1 aliphatic rings. The van der Waals surface area contributed by atoms with Crippen LogP contribution in [0.4, 0.5) is 0 Å². The van der Waals surface area contributed by atoms with Crippen molar-refractivity contribution in [3.8, 4) is 0 Å². The molecule has 1 amide bonds. The highest BCUT2D eigenvalue weighted by atomic mass is 16.1. The van der Waals surface area contributed by atoms with Crippen molar-refractivity contribution in [1.29, 1.82) is 0 Å². The van der Waals surface area contributed by atoms with Gasteiger partial charge in [0.25, 0.3) is 0 Å². The molecule has 15 heavy (non-hydrogen) atoms. The topological polar surface area (TPSA) is 46.9 Å². The molecule has 0 aromatic carbocycles. The van der Waals surface area contributed by atoms with Crippen LogP contribution in [0, 0.1) is 12.8 Å². The maximum Gasteiger partial charge on any atom is 0.223 e. The second kappa shape index (κ2) is 4.04. The molecule has 1 saturated carbocycles. The highest BCUT2D eigenvalue weighted by Gasteiger charge is 2.24. The lowest BCUT2D eigenvalue weighted by molar-refractivity contribution is -0.127. The summed E-state index contributed by atoms with van der Waals surface area (Å²) in [5, 5.41) is 7.21. The number of carbonyl (C=O) groups is 1. The minimum Gasteiger partial charge on any atom is -0.350 e. The summed E-state index contributed by atoms with van der Waals surface area (Å²) >= 11 is 0. The third-order valence-electron chi connectivity index (χ3n) is 3.08. The number of rotatable bonds is 3. The fourth-order valence-electron chi connectivity index (χ4n) is 1.71. The lowest BCUT2D eigenvalue weighted by atomic mass is 9.85. The summed E-state index contributed by atoms with van der Waals surface area (Å²) in [7, 11) is 1.91. The standard InChI is InChI=1S/C11H17N3O/c1-8-6-10(13-14(8)2)7-12-11(15)9-4-3-5-9/h6,9H,3-5,7H2,1-2H3,(H,12,15). The minimum absolute atomic E-state index is 0.185. The largest absolute Gasteiger partial charge is 0.350 e. The number of nitrogens with zero attached hydrogens (tertiary/aromatic N) is 2. The normalized spacial score (nSPS) is 16.1. The molecule has 1 N–H and O–H groups in total. The first-order valence-corrected chi connectivity index (χ1v) is 5.44. The van der Waals surface area contributed by atoms with E-state index in [2.05, 4.69) is 10.4 Å². The third-order valence-corrected chi connectivity index (χ3v) is 3.08. The summed E-state index contributed by atoms with van der Waals surface area (Å²) in [4.78, 5) is 11.5. The average Bonchev–Trinajstić information content (AvgIpc) is 2.40. The van der Waals surface area contributed by atoms with Crippen LogP contribution in [0.25, 0.3) is 0 Å². The molecule has 0 aliphatic heterocycles. The number of hydrogen-bond donors (Lipinski definition) is 1. The molecule has 1 fully saturated rings. The number of hydrogen-bond acceptors (Lipinski definition) is 2. The zero-order chi connectivity index (χ0) is 10.8. The molecule has 0 unspecified atom stereocenters. The van der Waals surface area contributed by atoms with Crippen LogP contribution in [-0.4, -0.2) is 15.7 Å². The zero-order valence-electron chi connectivity index (χ0n) is 9.29. The Morgan fingerprint density at radius 2 is 2.40 bits per heavy atom. The average molecular weight is 207 g/mol. The predicted molar refractivity (Wildman–Crippen MR) is 57.1 cm³/mol. The van der Waals surface area contributed by atoms with Crippen molar-refractivity contribution in [3.63, 3.8) is 0 Å². The van der Waals surface area contributed by atoms with E-state index in [1.165, 1.54) is 6.42 Å². The van der Waals surface area contributed by atoms with Crippen molar-refractivity contribution in [2.75, 3.05) is 0 Å². The van der Waals surface area contributed by atoms with Crippen LogP contribution in [0.1, 0.15) is 30.7 Å². The van der Waals surface area contributed by atoms with E-state index in [4.69, 9.17) is 0 Å². The predicted octanol–water partition coefficient (Wildman–Crippen LogP) is 1.14. The molecule has 1 aromatic heterocycles. The van der Waals surface area contributed by atoms with E-state index in [1.807, 2.05) is 24.7 Å². The summed E-state index contributed by atoms with van der Waals surface area (Å²) in [6.07, 6.45) is 3.29. The fourth-order valence-corrected chi connectivity index (χ4v) is 1.71. The Kier molecular flexibility index (Phi) is 2.75. The maximum atomic E-state index is 11.5. The van der Waals surface area contributed by atoms with E-state index in [0.717, 1.165) is 24.2 Å². The van der Waals surface area contributed by atoms with Gasteiger partial charge in [0, 0.05) is 18.7 Å². The van der Waals surface area contributed by atoms with Gasteiger partial charge in [0.05, 0.1) is 12.2 Å². The van der Waals surface area contributed by atoms with Crippen LogP contribution >= 0.6 is 0 Å². The molecular weight excluding hydrogens is 190 g/mol. The van der Waals surface area contributed by atoms with Crippen molar-refractivity contribution in [3.05, 3.63) is 17.5 Å². The second-order valence-corrected chi connectivity index (χ2v) is 4.25. The molecule has 2 rings (SSSR count). The van der Waals surface area contributed by atoms with Crippen molar-refractivity contribution in [2.24, 2.45) is 13.0 Å². The van der Waals surface area contributed by atoms with Crippen molar-refractivity contribution >= 4 is 5.91 Å². The second-order valence-electron chi connectivity index (χ2n) is 4.25. The number of amides is 1. The van der Waals surface area contributed by atoms with Gasteiger partial charge in [-0.05, 0) is 25.8 Å². The lowest BCUT2D eigenvalue weighted by Crippen LogP contribution is -2.34. The van der Waals surface area contributed by atoms with Crippen molar-refractivity contribution in [2.45, 2.75) is 32.7 Å². The van der Waals surface area contributed by atoms with Gasteiger partial charge in [0.1, 0.15) is 0 Å². The minimum atomic E-state index is 0.185. The highest BCUT2D eigenvalue weighted by molar-refractivity contribution is 5.79. The third kappa shape index (κ3) is 2.19. The van der Waals surface area contributed by atoms with E-state index in [9.17, 15) is 4.79 Å². The molecule has 1 aromatic rings. The number of aryl methyl sites for hydroxylation is 2. The van der Waals surface area contributed by atoms with Gasteiger partial charge in [-0.1, -0.05) is 6.42 Å². The van der Waals surface area contributed by atoms with Crippen LogP contribution in [-0.2, 0) is 18.4 Å². The van der Waals surface area contributed by atoms with Gasteiger partial charge in [0.2, 0.25) is 5.91 Å². The summed E-state index contributed by atoms with van der Waals surface area (Å²) in [6, 6.07) is 2.00. The summed E-state index contributed by atoms with van der Waals surface area (Å²) in [5.74, 6) is 0.444. The molecule has 0 saturated heterocycles. The van der Waals surface area contributed by atoms with Gasteiger partial charge in [0.15, 0.2) is 0 Å². The van der Waals surface area contributed by atoms with Crippen LogP contribution in [0.2, 0.25) is 0 Å². The van der Waals surface area contributed by atoms with E-state index in [1.54, 1.807) is 0 Å². The Morgan fingerprint density at radius 3 is 2.87 bits per heavy atom. The first-order chi connectivity index (χ1) is 7.16. The van der Waals surface area contributed by atoms with E-state index >= 15 is 0 Å². The fraction of sp³-hybridized carbons (Fsp3) is 0.636. The molecular formula is C11H17N3O. The van der Waals surface area contributed by atoms with Gasteiger partial charge in [-0.25, -0.2) is 0 Å². The van der Waals surface area contributed by atoms with Crippen LogP contribution in [0.3, 0.4) is 0 Å². The Hall–Kier alpha value is -1.32. The number of carbonyl (C=O) groups excluding carboxylic acids is 1. The lowest BCUT2D eigenvalue weighted by Gasteiger charge is -2.23. The first-order valence-electron chi connectivity index (χ1n) is 5.44. The first kappa shape index (κ1) is 10.2. The molecule has 4 nitrogen and oxygen atoms in total. The maximum absolute atomic E-state index is 11.5. The monoisotopic (exact) mass is 207 g/mol. The van der Waals surface area contributed by atoms with Gasteiger partial charge >= 0.3 is 0 Å². The zero-order valence-corrected chi connectivity index (χ0v) is 9.29. The van der Waals surface area contributed by atoms with Gasteiger partial charge in [-0.15, -0.1) is 0 Å². The molecule has 0 radical (unpaired) electrons. The van der Waals surface area contributed by atoms with Gasteiger partial charge in [-0.2, -0.15) is 5.10 Å². The van der Waals surface area contributed by atoms with E-state index in [0.29, 0.717) is 6.54 Å². The van der Waals surface area contributed by atoms with E-state index in [-0.39, 0.29) is 11.8 Å². The quantitative estimate of drug-likeness (QED) is 0.808.